The Morgan fingerprint density at radius 3 is 2.06 bits per heavy atom. The number of hydrogen-bond donors (Lipinski definition) is 5. The van der Waals surface area contributed by atoms with Crippen LogP contribution in [0.15, 0.2) is 63.5 Å². The minimum absolute atomic E-state index is 0.00998. The highest BCUT2D eigenvalue weighted by Crippen LogP contribution is 2.43. The summed E-state index contributed by atoms with van der Waals surface area (Å²) >= 11 is 8.00. The molecule has 79 heavy (non-hydrogen) atoms. The fourth-order valence-corrected chi connectivity index (χ4v) is 11.0. The number of carbonyl (C=O) groups excluding carboxylic acids is 5. The molecule has 4 saturated heterocycles. The third-order valence-corrected chi connectivity index (χ3v) is 16.1. The first-order valence-electron chi connectivity index (χ1n) is 26.8. The number of nitrogens with zero attached hydrogens (tertiary/aromatic N) is 7. The van der Waals surface area contributed by atoms with E-state index in [2.05, 4.69) is 35.9 Å². The van der Waals surface area contributed by atoms with Crippen molar-refractivity contribution in [3.8, 4) is 0 Å². The van der Waals surface area contributed by atoms with Gasteiger partial charge >= 0.3 is 0 Å². The predicted molar refractivity (Wildman–Crippen MR) is 295 cm³/mol. The molecule has 7 N–H and O–H groups in total. The molecular weight excluding hydrogens is 1060 g/mol. The Labute approximate surface area is 467 Å². The number of amides is 5. The van der Waals surface area contributed by atoms with Gasteiger partial charge in [0.1, 0.15) is 16.9 Å². The number of benzene rings is 2. The van der Waals surface area contributed by atoms with E-state index in [-0.39, 0.29) is 85.7 Å². The molecule has 1 spiro atoms. The molecule has 24 nitrogen and oxygen atoms in total. The van der Waals surface area contributed by atoms with E-state index in [0.29, 0.717) is 142 Å². The van der Waals surface area contributed by atoms with Gasteiger partial charge in [0.15, 0.2) is 5.82 Å². The summed E-state index contributed by atoms with van der Waals surface area (Å²) in [5.74, 6) is -0.503. The molecule has 6 heterocycles. The second-order valence-corrected chi connectivity index (χ2v) is 21.1. The molecule has 4 aliphatic heterocycles. The fraction of sp³-hybridized carbons (Fsp3) is 0.566. The van der Waals surface area contributed by atoms with Gasteiger partial charge in [-0.15, -0.1) is 0 Å². The predicted octanol–water partition coefficient (Wildman–Crippen LogP) is 2.86. The van der Waals surface area contributed by atoms with Gasteiger partial charge < -0.3 is 65.2 Å². The highest BCUT2D eigenvalue weighted by molar-refractivity contribution is 7.99. The number of nitrogens with one attached hydrogen (secondary N) is 3. The van der Waals surface area contributed by atoms with Crippen molar-refractivity contribution in [3.05, 3.63) is 64.2 Å². The van der Waals surface area contributed by atoms with E-state index in [1.807, 2.05) is 19.1 Å². The summed E-state index contributed by atoms with van der Waals surface area (Å²) in [7, 11) is 0. The van der Waals surface area contributed by atoms with Crippen LogP contribution in [0.25, 0.3) is 10.8 Å². The second kappa shape index (κ2) is 28.9. The highest BCUT2D eigenvalue weighted by Gasteiger charge is 2.47. The summed E-state index contributed by atoms with van der Waals surface area (Å²) in [6, 6.07) is 9.80. The standard InChI is InChI=1S/C53H71ClN12O12S/c1-35-48(55)53(34-78-35)13-16-63(17-14-53)41-33-58-51(49(56)61-41)79-40-7-3-6-38(47(40)54)60-42(67)10-11-44(69)64-18-20-65(21-19-64)45(70)12-22-73-24-26-75-28-30-77-31-29-76-27-25-74-23-15-57-37-5-2-4-36-32-59-66(52(72)46(36)37)39-8-9-43(68)62-50(39)71/h2-7,32-33,35,39,48,57H,8-31,34,55H2,1H3,(H2,56,61)(H,60,67)(H,62,68,71)/t35-,39?,48+/m0/s1. The number of carbonyl (C=O) groups is 5. The van der Waals surface area contributed by atoms with Gasteiger partial charge in [-0.2, -0.15) is 5.10 Å². The number of hydrogen-bond acceptors (Lipinski definition) is 20. The summed E-state index contributed by atoms with van der Waals surface area (Å²) in [5.41, 5.74) is 13.5. The molecule has 0 aliphatic carbocycles. The van der Waals surface area contributed by atoms with Crippen molar-refractivity contribution in [3.63, 3.8) is 0 Å². The fourth-order valence-electron chi connectivity index (χ4n) is 9.90. The summed E-state index contributed by atoms with van der Waals surface area (Å²) < 4.78 is 35.0. The third-order valence-electron chi connectivity index (χ3n) is 14.5. The summed E-state index contributed by atoms with van der Waals surface area (Å²) in [5, 5.41) is 14.4. The number of fused-ring (bicyclic) bond motifs is 1. The maximum atomic E-state index is 13.3. The van der Waals surface area contributed by atoms with E-state index in [4.69, 9.17) is 51.5 Å². The van der Waals surface area contributed by atoms with Crippen molar-refractivity contribution in [2.24, 2.45) is 11.1 Å². The van der Waals surface area contributed by atoms with Crippen molar-refractivity contribution >= 4 is 86.7 Å². The Morgan fingerprint density at radius 2 is 1.43 bits per heavy atom. The van der Waals surface area contributed by atoms with Crippen LogP contribution in [-0.4, -0.2) is 190 Å². The number of imide groups is 1. The van der Waals surface area contributed by atoms with Gasteiger partial charge in [0, 0.05) is 92.5 Å². The number of nitrogen functional groups attached to an aromatic ring is 1. The Bertz CT molecular complexity index is 2820. The van der Waals surface area contributed by atoms with Crippen LogP contribution in [0.4, 0.5) is 23.0 Å². The van der Waals surface area contributed by atoms with Crippen LogP contribution in [0, 0.1) is 5.41 Å². The van der Waals surface area contributed by atoms with Crippen molar-refractivity contribution in [2.45, 2.75) is 80.0 Å². The smallest absolute Gasteiger partial charge is 0.277 e. The molecule has 5 amide bonds. The van der Waals surface area contributed by atoms with Crippen LogP contribution in [0.5, 0.6) is 0 Å². The zero-order chi connectivity index (χ0) is 55.7. The first-order chi connectivity index (χ1) is 38.3. The Hall–Kier alpha value is -6.03. The molecule has 0 saturated carbocycles. The monoisotopic (exact) mass is 1130 g/mol. The van der Waals surface area contributed by atoms with Gasteiger partial charge in [0.25, 0.3) is 11.5 Å². The van der Waals surface area contributed by atoms with Gasteiger partial charge in [0.2, 0.25) is 23.6 Å². The van der Waals surface area contributed by atoms with Crippen molar-refractivity contribution in [1.29, 1.82) is 0 Å². The average Bonchev–Trinajstić information content (AvgIpc) is 3.78. The van der Waals surface area contributed by atoms with Crippen LogP contribution < -0.4 is 37.9 Å². The molecule has 4 aliphatic rings. The lowest BCUT2D eigenvalue weighted by atomic mass is 9.73. The van der Waals surface area contributed by atoms with Crippen LogP contribution in [-0.2, 0) is 52.4 Å². The van der Waals surface area contributed by atoms with E-state index in [1.165, 1.54) is 18.0 Å². The highest BCUT2D eigenvalue weighted by atomic mass is 35.5. The molecule has 8 rings (SSSR count). The molecule has 26 heteroatoms. The van der Waals surface area contributed by atoms with Gasteiger partial charge in [-0.25, -0.2) is 14.6 Å². The number of nitrogens with two attached hydrogens (primary N) is 2. The van der Waals surface area contributed by atoms with E-state index >= 15 is 0 Å². The molecule has 4 fully saturated rings. The van der Waals surface area contributed by atoms with Gasteiger partial charge in [-0.05, 0) is 44.4 Å². The van der Waals surface area contributed by atoms with Crippen molar-refractivity contribution < 1.29 is 52.4 Å². The number of piperazine rings is 1. The summed E-state index contributed by atoms with van der Waals surface area (Å²) in [4.78, 5) is 91.6. The zero-order valence-corrected chi connectivity index (χ0v) is 46.1. The molecular formula is C53H71ClN12O12S. The minimum Gasteiger partial charge on any atom is -0.382 e. The number of anilines is 4. The molecule has 428 valence electrons. The lowest BCUT2D eigenvalue weighted by Gasteiger charge is -2.41. The largest absolute Gasteiger partial charge is 0.382 e. The lowest BCUT2D eigenvalue weighted by molar-refractivity contribution is -0.140. The van der Waals surface area contributed by atoms with Crippen molar-refractivity contribution in [2.75, 3.05) is 140 Å². The zero-order valence-electron chi connectivity index (χ0n) is 44.5. The molecule has 1 unspecified atom stereocenters. The topological polar surface area (TPSA) is 299 Å². The van der Waals surface area contributed by atoms with E-state index in [1.54, 1.807) is 40.3 Å². The first kappa shape index (κ1) is 59.1. The Balaban J connectivity index is 0.606. The maximum Gasteiger partial charge on any atom is 0.277 e. The Kier molecular flexibility index (Phi) is 21.6. The SMILES string of the molecule is C[C@@H]1OCC2(CCN(c3cnc(Sc4cccc(NC(=O)CCC(=O)N5CCN(C(=O)CCOCCOCCOCCOCCOCCNc6cccc7cnn(C8CCC(=O)NC8=O)c(=O)c67)CC5)c4Cl)c(N)n3)CC2)[C@@H]1N. The molecule has 3 atom stereocenters. The van der Waals surface area contributed by atoms with E-state index in [9.17, 15) is 28.8 Å². The third kappa shape index (κ3) is 15.9. The van der Waals surface area contributed by atoms with Crippen LogP contribution in [0.2, 0.25) is 5.02 Å². The quantitative estimate of drug-likeness (QED) is 0.0424. The number of rotatable bonds is 27. The van der Waals surface area contributed by atoms with Crippen molar-refractivity contribution in [1.82, 2.24) is 34.9 Å². The van der Waals surface area contributed by atoms with Gasteiger partial charge in [-0.1, -0.05) is 41.6 Å². The minimum atomic E-state index is -0.848. The summed E-state index contributed by atoms with van der Waals surface area (Å²) in [6.07, 6.45) is 5.65. The molecule has 4 aromatic rings. The Morgan fingerprint density at radius 1 is 0.810 bits per heavy atom. The second-order valence-electron chi connectivity index (χ2n) is 19.7. The number of ether oxygens (including phenoxy) is 6. The molecule has 0 bridgehead atoms. The van der Waals surface area contributed by atoms with E-state index in [0.717, 1.165) is 30.6 Å². The molecule has 0 radical (unpaired) electrons. The van der Waals surface area contributed by atoms with Gasteiger partial charge in [0.05, 0.1) is 114 Å². The van der Waals surface area contributed by atoms with Crippen LogP contribution in [0.3, 0.4) is 0 Å². The number of halogens is 1. The normalized spacial score (nSPS) is 19.3. The number of piperidine rings is 2. The van der Waals surface area contributed by atoms with Gasteiger partial charge in [-0.3, -0.25) is 34.1 Å². The van der Waals surface area contributed by atoms with Crippen LogP contribution in [0.1, 0.15) is 57.9 Å². The first-order valence-corrected chi connectivity index (χ1v) is 28.0. The maximum absolute atomic E-state index is 13.3. The molecule has 2 aromatic heterocycles. The number of aromatic nitrogens is 4. The lowest BCUT2D eigenvalue weighted by Crippen LogP contribution is -2.50. The van der Waals surface area contributed by atoms with Crippen LogP contribution >= 0.6 is 23.4 Å². The van der Waals surface area contributed by atoms with E-state index < -0.39 is 17.5 Å². The summed E-state index contributed by atoms with van der Waals surface area (Å²) in [6.45, 7) is 9.82. The average molecular weight is 1140 g/mol. The molecule has 2 aromatic carbocycles.